The SMILES string of the molecule is CCOCCNc1cc(N)nc(C(C)C)n1. The number of nitrogens with zero attached hydrogens (tertiary/aromatic N) is 2. The van der Waals surface area contributed by atoms with E-state index in [0.717, 1.165) is 24.8 Å². The molecule has 0 saturated heterocycles. The van der Waals surface area contributed by atoms with E-state index in [0.29, 0.717) is 12.4 Å². The number of ether oxygens (including phenoxy) is 1. The van der Waals surface area contributed by atoms with Crippen molar-refractivity contribution in [1.82, 2.24) is 9.97 Å². The molecule has 1 aromatic rings. The van der Waals surface area contributed by atoms with E-state index in [4.69, 9.17) is 10.5 Å². The summed E-state index contributed by atoms with van der Waals surface area (Å²) in [5, 5.41) is 3.16. The van der Waals surface area contributed by atoms with Gasteiger partial charge in [-0.3, -0.25) is 0 Å². The van der Waals surface area contributed by atoms with E-state index in [1.807, 2.05) is 20.8 Å². The summed E-state index contributed by atoms with van der Waals surface area (Å²) in [5.41, 5.74) is 5.71. The maximum Gasteiger partial charge on any atom is 0.135 e. The first-order valence-electron chi connectivity index (χ1n) is 5.59. The maximum atomic E-state index is 5.71. The molecule has 90 valence electrons. The number of nitrogen functional groups attached to an aromatic ring is 1. The number of nitrogens with two attached hydrogens (primary N) is 1. The van der Waals surface area contributed by atoms with Gasteiger partial charge in [-0.15, -0.1) is 0 Å². The van der Waals surface area contributed by atoms with Gasteiger partial charge in [0.25, 0.3) is 0 Å². The van der Waals surface area contributed by atoms with Gasteiger partial charge in [0.2, 0.25) is 0 Å². The van der Waals surface area contributed by atoms with Crippen molar-refractivity contribution in [2.24, 2.45) is 0 Å². The molecule has 0 aliphatic rings. The molecule has 0 spiro atoms. The van der Waals surface area contributed by atoms with Gasteiger partial charge in [-0.25, -0.2) is 9.97 Å². The van der Waals surface area contributed by atoms with E-state index < -0.39 is 0 Å². The van der Waals surface area contributed by atoms with Gasteiger partial charge in [0, 0.05) is 25.1 Å². The first kappa shape index (κ1) is 12.7. The average Bonchev–Trinajstić information content (AvgIpc) is 2.23. The zero-order chi connectivity index (χ0) is 12.0. The van der Waals surface area contributed by atoms with Gasteiger partial charge in [0.1, 0.15) is 17.5 Å². The van der Waals surface area contributed by atoms with Crippen LogP contribution >= 0.6 is 0 Å². The maximum absolute atomic E-state index is 5.71. The van der Waals surface area contributed by atoms with Crippen LogP contribution in [-0.4, -0.2) is 29.7 Å². The average molecular weight is 224 g/mol. The molecule has 5 heteroatoms. The predicted octanol–water partition coefficient (Wildman–Crippen LogP) is 1.63. The minimum Gasteiger partial charge on any atom is -0.384 e. The molecular formula is C11H20N4O. The monoisotopic (exact) mass is 224 g/mol. The zero-order valence-corrected chi connectivity index (χ0v) is 10.2. The van der Waals surface area contributed by atoms with Crippen molar-refractivity contribution in [3.8, 4) is 0 Å². The summed E-state index contributed by atoms with van der Waals surface area (Å²) in [6.07, 6.45) is 0. The van der Waals surface area contributed by atoms with Crippen LogP contribution in [0.5, 0.6) is 0 Å². The van der Waals surface area contributed by atoms with Gasteiger partial charge in [0.15, 0.2) is 0 Å². The Bertz CT molecular complexity index is 328. The van der Waals surface area contributed by atoms with Crippen LogP contribution in [0, 0.1) is 0 Å². The minimum absolute atomic E-state index is 0.274. The molecule has 0 bridgehead atoms. The number of nitrogens with one attached hydrogen (secondary N) is 1. The van der Waals surface area contributed by atoms with Crippen molar-refractivity contribution < 1.29 is 4.74 Å². The van der Waals surface area contributed by atoms with Gasteiger partial charge in [-0.2, -0.15) is 0 Å². The van der Waals surface area contributed by atoms with Gasteiger partial charge in [-0.05, 0) is 6.92 Å². The Hall–Kier alpha value is -1.36. The first-order valence-corrected chi connectivity index (χ1v) is 5.59. The van der Waals surface area contributed by atoms with Crippen LogP contribution in [0.25, 0.3) is 0 Å². The van der Waals surface area contributed by atoms with E-state index in [1.165, 1.54) is 0 Å². The van der Waals surface area contributed by atoms with E-state index >= 15 is 0 Å². The van der Waals surface area contributed by atoms with Gasteiger partial charge >= 0.3 is 0 Å². The highest BCUT2D eigenvalue weighted by Crippen LogP contribution is 2.14. The number of hydrogen-bond donors (Lipinski definition) is 2. The lowest BCUT2D eigenvalue weighted by molar-refractivity contribution is 0.158. The fourth-order valence-corrected chi connectivity index (χ4v) is 1.23. The summed E-state index contributed by atoms with van der Waals surface area (Å²) in [5.74, 6) is 2.29. The highest BCUT2D eigenvalue weighted by atomic mass is 16.5. The lowest BCUT2D eigenvalue weighted by atomic mass is 10.2. The second kappa shape index (κ2) is 6.27. The summed E-state index contributed by atoms with van der Waals surface area (Å²) in [6, 6.07) is 1.73. The minimum atomic E-state index is 0.274. The molecule has 16 heavy (non-hydrogen) atoms. The molecule has 0 fully saturated rings. The first-order chi connectivity index (χ1) is 7.63. The Labute approximate surface area is 96.4 Å². The fraction of sp³-hybridized carbons (Fsp3) is 0.636. The van der Waals surface area contributed by atoms with Gasteiger partial charge < -0.3 is 15.8 Å². The topological polar surface area (TPSA) is 73.1 Å². The standard InChI is InChI=1S/C11H20N4O/c1-4-16-6-5-13-10-7-9(12)14-11(15-10)8(2)3/h7-8H,4-6H2,1-3H3,(H3,12,13,14,15). The number of rotatable bonds is 6. The Kier molecular flexibility index (Phi) is 4.98. The smallest absolute Gasteiger partial charge is 0.135 e. The molecule has 0 unspecified atom stereocenters. The molecule has 0 saturated carbocycles. The van der Waals surface area contributed by atoms with Gasteiger partial charge in [0.05, 0.1) is 6.61 Å². The van der Waals surface area contributed by atoms with Crippen LogP contribution in [-0.2, 0) is 4.74 Å². The zero-order valence-electron chi connectivity index (χ0n) is 10.2. The molecule has 1 heterocycles. The van der Waals surface area contributed by atoms with Crippen molar-refractivity contribution >= 4 is 11.6 Å². The van der Waals surface area contributed by atoms with Crippen LogP contribution < -0.4 is 11.1 Å². The molecule has 1 aromatic heterocycles. The summed E-state index contributed by atoms with van der Waals surface area (Å²) in [7, 11) is 0. The van der Waals surface area contributed by atoms with Crippen LogP contribution in [0.1, 0.15) is 32.5 Å². The van der Waals surface area contributed by atoms with Crippen molar-refractivity contribution in [3.05, 3.63) is 11.9 Å². The van der Waals surface area contributed by atoms with Crippen molar-refractivity contribution in [2.45, 2.75) is 26.7 Å². The molecule has 0 aliphatic carbocycles. The lowest BCUT2D eigenvalue weighted by Crippen LogP contribution is -2.12. The van der Waals surface area contributed by atoms with E-state index in [1.54, 1.807) is 6.07 Å². The summed E-state index contributed by atoms with van der Waals surface area (Å²) in [6.45, 7) is 8.17. The molecule has 1 rings (SSSR count). The Morgan fingerprint density at radius 1 is 1.44 bits per heavy atom. The predicted molar refractivity (Wildman–Crippen MR) is 65.5 cm³/mol. The van der Waals surface area contributed by atoms with Crippen molar-refractivity contribution in [2.75, 3.05) is 30.8 Å². The molecule has 0 aromatic carbocycles. The molecular weight excluding hydrogens is 204 g/mol. The number of hydrogen-bond acceptors (Lipinski definition) is 5. The summed E-state index contributed by atoms with van der Waals surface area (Å²) >= 11 is 0. The van der Waals surface area contributed by atoms with Crippen molar-refractivity contribution in [1.29, 1.82) is 0 Å². The summed E-state index contributed by atoms with van der Waals surface area (Å²) in [4.78, 5) is 8.55. The summed E-state index contributed by atoms with van der Waals surface area (Å²) < 4.78 is 5.23. The Morgan fingerprint density at radius 3 is 2.81 bits per heavy atom. The normalized spacial score (nSPS) is 10.8. The van der Waals surface area contributed by atoms with Crippen molar-refractivity contribution in [3.63, 3.8) is 0 Å². The van der Waals surface area contributed by atoms with Crippen LogP contribution in [0.2, 0.25) is 0 Å². The third-order valence-electron chi connectivity index (χ3n) is 2.04. The lowest BCUT2D eigenvalue weighted by Gasteiger charge is -2.09. The van der Waals surface area contributed by atoms with Crippen LogP contribution in [0.3, 0.4) is 0 Å². The third-order valence-corrected chi connectivity index (χ3v) is 2.04. The fourth-order valence-electron chi connectivity index (χ4n) is 1.23. The highest BCUT2D eigenvalue weighted by molar-refractivity contribution is 5.44. The Balaban J connectivity index is 2.58. The largest absolute Gasteiger partial charge is 0.384 e. The van der Waals surface area contributed by atoms with E-state index in [-0.39, 0.29) is 5.92 Å². The quantitative estimate of drug-likeness (QED) is 0.718. The van der Waals surface area contributed by atoms with E-state index in [2.05, 4.69) is 15.3 Å². The highest BCUT2D eigenvalue weighted by Gasteiger charge is 2.05. The molecule has 3 N–H and O–H groups in total. The molecule has 0 atom stereocenters. The number of anilines is 2. The van der Waals surface area contributed by atoms with E-state index in [9.17, 15) is 0 Å². The Morgan fingerprint density at radius 2 is 2.19 bits per heavy atom. The number of aromatic nitrogens is 2. The molecule has 0 radical (unpaired) electrons. The molecule has 0 aliphatic heterocycles. The molecule has 5 nitrogen and oxygen atoms in total. The molecule has 0 amide bonds. The van der Waals surface area contributed by atoms with Crippen LogP contribution in [0.4, 0.5) is 11.6 Å². The van der Waals surface area contributed by atoms with Crippen LogP contribution in [0.15, 0.2) is 6.07 Å². The third kappa shape index (κ3) is 4.02. The second-order valence-electron chi connectivity index (χ2n) is 3.81. The van der Waals surface area contributed by atoms with Gasteiger partial charge in [-0.1, -0.05) is 13.8 Å². The second-order valence-corrected chi connectivity index (χ2v) is 3.81.